The minimum Gasteiger partial charge on any atom is -0.504 e. The van der Waals surface area contributed by atoms with Crippen molar-refractivity contribution in [2.45, 2.75) is 0 Å². The smallest absolute Gasteiger partial charge is 0.504 e. The van der Waals surface area contributed by atoms with Crippen molar-refractivity contribution < 1.29 is 39.2 Å². The molecule has 0 atom stereocenters. The summed E-state index contributed by atoms with van der Waals surface area (Å²) in [4.78, 5) is 24.1. The standard InChI is InChI=1S/2C6H6O2.CH5IO4Si/c2*7-5-3-1-2-4-6(5)8;2-1-6-7(3,4)5/h2*1-4,7-8H;3-5H,1H2. The predicted octanol–water partition coefficient (Wildman–Crippen LogP) is 1.00. The van der Waals surface area contributed by atoms with Crippen LogP contribution in [0.25, 0.3) is 0 Å². The zero-order valence-corrected chi connectivity index (χ0v) is 14.9. The zero-order chi connectivity index (χ0) is 17.9. The van der Waals surface area contributed by atoms with Crippen LogP contribution in [0.15, 0.2) is 48.5 Å². The molecule has 0 saturated heterocycles. The maximum absolute atomic E-state index is 8.67. The van der Waals surface area contributed by atoms with Gasteiger partial charge in [-0.1, -0.05) is 46.9 Å². The third-order valence-corrected chi connectivity index (χ3v) is 3.44. The zero-order valence-electron chi connectivity index (χ0n) is 11.7. The average molecular weight is 456 g/mol. The lowest BCUT2D eigenvalue weighted by molar-refractivity contribution is 0.0853. The molecule has 0 saturated carbocycles. The molecule has 0 spiro atoms. The van der Waals surface area contributed by atoms with Gasteiger partial charge in [0.15, 0.2) is 23.0 Å². The SMILES string of the molecule is O[Si](O)(O)OCI.Oc1ccccc1O.Oc1ccccc1O. The van der Waals surface area contributed by atoms with Crippen LogP contribution in [0.2, 0.25) is 0 Å². The van der Waals surface area contributed by atoms with E-state index in [2.05, 4.69) is 4.43 Å². The van der Waals surface area contributed by atoms with E-state index in [0.717, 1.165) is 0 Å². The summed E-state index contributed by atoms with van der Waals surface area (Å²) in [5.41, 5.74) is 0. The van der Waals surface area contributed by atoms with Gasteiger partial charge in [0.1, 0.15) is 0 Å². The first kappa shape index (κ1) is 21.4. The number of halogens is 1. The van der Waals surface area contributed by atoms with Gasteiger partial charge in [-0.15, -0.1) is 0 Å². The lowest BCUT2D eigenvalue weighted by Crippen LogP contribution is -2.38. The number of hydrogen-bond acceptors (Lipinski definition) is 8. The summed E-state index contributed by atoms with van der Waals surface area (Å²) in [7, 11) is -4.16. The van der Waals surface area contributed by atoms with E-state index in [4.69, 9.17) is 34.8 Å². The van der Waals surface area contributed by atoms with Gasteiger partial charge in [0.2, 0.25) is 0 Å². The molecule has 2 aromatic rings. The highest BCUT2D eigenvalue weighted by molar-refractivity contribution is 14.1. The van der Waals surface area contributed by atoms with Crippen LogP contribution in [0.5, 0.6) is 23.0 Å². The number of phenolic OH excluding ortho intramolecular Hbond substituents is 4. The van der Waals surface area contributed by atoms with Gasteiger partial charge in [-0.05, 0) is 24.3 Å². The molecule has 0 aromatic heterocycles. The van der Waals surface area contributed by atoms with Crippen LogP contribution in [0, 0.1) is 0 Å². The van der Waals surface area contributed by atoms with Gasteiger partial charge in [0, 0.05) is 0 Å². The van der Waals surface area contributed by atoms with Gasteiger partial charge in [0.05, 0.1) is 4.61 Å². The molecular weight excluding hydrogens is 439 g/mol. The van der Waals surface area contributed by atoms with Crippen molar-refractivity contribution in [3.8, 4) is 23.0 Å². The Morgan fingerprint density at radius 1 is 0.696 bits per heavy atom. The van der Waals surface area contributed by atoms with Crippen molar-refractivity contribution in [1.29, 1.82) is 0 Å². The Bertz CT molecular complexity index is 490. The normalized spacial score (nSPS) is 9.91. The Kier molecular flexibility index (Phi) is 10.3. The van der Waals surface area contributed by atoms with E-state index in [1.54, 1.807) is 46.9 Å². The number of phenols is 4. The fraction of sp³-hybridized carbons (Fsp3) is 0.0769. The predicted molar refractivity (Wildman–Crippen MR) is 91.9 cm³/mol. The summed E-state index contributed by atoms with van der Waals surface area (Å²) < 4.78 is 4.11. The highest BCUT2D eigenvalue weighted by Crippen LogP contribution is 2.21. The molecule has 0 heterocycles. The van der Waals surface area contributed by atoms with Crippen molar-refractivity contribution >= 4 is 31.6 Å². The second-order valence-electron chi connectivity index (χ2n) is 3.80. The minimum absolute atomic E-state index is 0.0764. The van der Waals surface area contributed by atoms with Crippen LogP contribution in [-0.4, -0.2) is 48.5 Å². The van der Waals surface area contributed by atoms with E-state index < -0.39 is 9.05 Å². The molecular formula is C13H17IO8Si. The van der Waals surface area contributed by atoms with Gasteiger partial charge in [-0.25, -0.2) is 0 Å². The molecule has 7 N–H and O–H groups in total. The molecule has 0 unspecified atom stereocenters. The molecule has 0 amide bonds. The van der Waals surface area contributed by atoms with Gasteiger partial charge in [-0.3, -0.25) is 0 Å². The molecule has 0 aliphatic rings. The maximum Gasteiger partial charge on any atom is 0.672 e. The lowest BCUT2D eigenvalue weighted by Gasteiger charge is -2.04. The van der Waals surface area contributed by atoms with E-state index in [1.807, 2.05) is 0 Å². The van der Waals surface area contributed by atoms with E-state index in [1.165, 1.54) is 24.3 Å². The highest BCUT2D eigenvalue weighted by Gasteiger charge is 2.29. The lowest BCUT2D eigenvalue weighted by atomic mass is 10.3. The van der Waals surface area contributed by atoms with Crippen molar-refractivity contribution in [1.82, 2.24) is 0 Å². The molecule has 0 aliphatic heterocycles. The maximum atomic E-state index is 8.67. The number of alkyl halides is 1. The fourth-order valence-corrected chi connectivity index (χ4v) is 2.40. The Balaban J connectivity index is 0.000000317. The average Bonchev–Trinajstić information content (AvgIpc) is 2.45. The van der Waals surface area contributed by atoms with Crippen LogP contribution >= 0.6 is 22.6 Å². The number of rotatable bonds is 2. The van der Waals surface area contributed by atoms with Crippen LogP contribution in [0.1, 0.15) is 0 Å². The molecule has 10 heteroatoms. The molecule has 0 bridgehead atoms. The quantitative estimate of drug-likeness (QED) is 0.153. The van der Waals surface area contributed by atoms with Crippen LogP contribution in [-0.2, 0) is 4.43 Å². The first-order valence-corrected chi connectivity index (χ1v) is 9.26. The van der Waals surface area contributed by atoms with Crippen molar-refractivity contribution in [3.05, 3.63) is 48.5 Å². The number of para-hydroxylation sites is 4. The molecule has 2 aromatic carbocycles. The monoisotopic (exact) mass is 456 g/mol. The molecule has 8 nitrogen and oxygen atoms in total. The van der Waals surface area contributed by atoms with Crippen LogP contribution in [0.3, 0.4) is 0 Å². The van der Waals surface area contributed by atoms with E-state index in [-0.39, 0.29) is 27.6 Å². The summed E-state index contributed by atoms with van der Waals surface area (Å²) in [6.45, 7) is 0. The summed E-state index contributed by atoms with van der Waals surface area (Å²) in [6, 6.07) is 12.3. The van der Waals surface area contributed by atoms with Crippen molar-refractivity contribution in [3.63, 3.8) is 0 Å². The summed E-state index contributed by atoms with van der Waals surface area (Å²) in [5.74, 6) is -0.306. The third-order valence-electron chi connectivity index (χ3n) is 2.01. The fourth-order valence-electron chi connectivity index (χ4n) is 1.00. The highest BCUT2D eigenvalue weighted by atomic mass is 127. The Hall–Kier alpha value is -1.57. The van der Waals surface area contributed by atoms with E-state index in [0.29, 0.717) is 0 Å². The largest absolute Gasteiger partial charge is 0.672 e. The number of benzene rings is 2. The van der Waals surface area contributed by atoms with Crippen LogP contribution in [0.4, 0.5) is 0 Å². The second-order valence-corrected chi connectivity index (χ2v) is 5.86. The van der Waals surface area contributed by atoms with E-state index >= 15 is 0 Å². The third kappa shape index (κ3) is 11.6. The minimum atomic E-state index is -4.16. The Morgan fingerprint density at radius 2 is 0.957 bits per heavy atom. The molecule has 2 rings (SSSR count). The summed E-state index contributed by atoms with van der Waals surface area (Å²) >= 11 is 1.75. The number of aromatic hydroxyl groups is 4. The number of hydrogen-bond donors (Lipinski definition) is 7. The van der Waals surface area contributed by atoms with E-state index in [9.17, 15) is 0 Å². The second kappa shape index (κ2) is 11.0. The molecule has 128 valence electrons. The Morgan fingerprint density at radius 3 is 1.04 bits per heavy atom. The van der Waals surface area contributed by atoms with Crippen molar-refractivity contribution in [2.24, 2.45) is 0 Å². The van der Waals surface area contributed by atoms with Crippen molar-refractivity contribution in [2.75, 3.05) is 4.61 Å². The molecule has 0 aliphatic carbocycles. The summed E-state index contributed by atoms with van der Waals surface area (Å²) in [6.07, 6.45) is 0. The first-order chi connectivity index (χ1) is 10.7. The molecule has 0 fully saturated rings. The van der Waals surface area contributed by atoms with Gasteiger partial charge in [-0.2, -0.15) is 0 Å². The first-order valence-electron chi connectivity index (χ1n) is 5.98. The van der Waals surface area contributed by atoms with Crippen LogP contribution < -0.4 is 0 Å². The Labute approximate surface area is 147 Å². The summed E-state index contributed by atoms with van der Waals surface area (Å²) in [5, 5.41) is 34.7. The van der Waals surface area contributed by atoms with Gasteiger partial charge >= 0.3 is 9.05 Å². The van der Waals surface area contributed by atoms with Gasteiger partial charge < -0.3 is 39.2 Å². The van der Waals surface area contributed by atoms with Gasteiger partial charge in [0.25, 0.3) is 0 Å². The topological polar surface area (TPSA) is 151 Å². The molecule has 23 heavy (non-hydrogen) atoms. The molecule has 0 radical (unpaired) electrons.